The zero-order chi connectivity index (χ0) is 13.7. The lowest BCUT2D eigenvalue weighted by Gasteiger charge is -2.02. The van der Waals surface area contributed by atoms with Gasteiger partial charge in [0.05, 0.1) is 16.8 Å². The van der Waals surface area contributed by atoms with Crippen LogP contribution in [0.15, 0.2) is 53.5 Å². The number of aromatic amines is 1. The molecule has 20 heavy (non-hydrogen) atoms. The maximum Gasteiger partial charge on any atom is 0.278 e. The monoisotopic (exact) mass is 262 g/mol. The lowest BCUT2D eigenvalue weighted by Crippen LogP contribution is -2.00. The average Bonchev–Trinajstić information content (AvgIpc) is 2.96. The molecule has 1 amide bonds. The number of rotatable bonds is 1. The number of aliphatic imine (C=N–C) groups is 1. The SMILES string of the molecule is O=C1N=C(c2c(O)[nH]c3ccccc23)c2ccccc21. The van der Waals surface area contributed by atoms with Crippen LogP contribution in [-0.4, -0.2) is 21.7 Å². The van der Waals surface area contributed by atoms with Crippen LogP contribution in [0.2, 0.25) is 0 Å². The number of hydrogen-bond donors (Lipinski definition) is 2. The highest BCUT2D eigenvalue weighted by Crippen LogP contribution is 2.33. The Bertz CT molecular complexity index is 890. The van der Waals surface area contributed by atoms with Gasteiger partial charge in [0.1, 0.15) is 0 Å². The summed E-state index contributed by atoms with van der Waals surface area (Å²) in [6.45, 7) is 0. The quantitative estimate of drug-likeness (QED) is 0.708. The zero-order valence-electron chi connectivity index (χ0n) is 10.4. The smallest absolute Gasteiger partial charge is 0.278 e. The number of amides is 1. The van der Waals surface area contributed by atoms with Crippen LogP contribution in [0.4, 0.5) is 0 Å². The van der Waals surface area contributed by atoms with E-state index in [1.165, 1.54) is 0 Å². The summed E-state index contributed by atoms with van der Waals surface area (Å²) in [4.78, 5) is 19.0. The van der Waals surface area contributed by atoms with Crippen molar-refractivity contribution in [1.29, 1.82) is 0 Å². The molecule has 4 heteroatoms. The zero-order valence-corrected chi connectivity index (χ0v) is 10.4. The normalized spacial score (nSPS) is 13.6. The number of aromatic nitrogens is 1. The van der Waals surface area contributed by atoms with E-state index in [2.05, 4.69) is 9.98 Å². The van der Waals surface area contributed by atoms with Crippen molar-refractivity contribution >= 4 is 22.5 Å². The van der Waals surface area contributed by atoms with E-state index >= 15 is 0 Å². The minimum absolute atomic E-state index is 0.0365. The summed E-state index contributed by atoms with van der Waals surface area (Å²) in [5, 5.41) is 11.0. The first-order valence-electron chi connectivity index (χ1n) is 6.28. The number of aromatic hydroxyl groups is 1. The van der Waals surface area contributed by atoms with E-state index in [9.17, 15) is 9.90 Å². The number of nitrogens with zero attached hydrogens (tertiary/aromatic N) is 1. The van der Waals surface area contributed by atoms with Crippen molar-refractivity contribution in [2.24, 2.45) is 4.99 Å². The maximum absolute atomic E-state index is 11.9. The third-order valence-corrected chi connectivity index (χ3v) is 3.55. The molecule has 0 atom stereocenters. The summed E-state index contributed by atoms with van der Waals surface area (Å²) in [5.74, 6) is -0.227. The molecule has 1 aliphatic rings. The van der Waals surface area contributed by atoms with E-state index in [0.717, 1.165) is 16.5 Å². The number of hydrogen-bond acceptors (Lipinski definition) is 2. The molecule has 0 radical (unpaired) electrons. The highest BCUT2D eigenvalue weighted by molar-refractivity contribution is 6.31. The summed E-state index contributed by atoms with van der Waals surface area (Å²) in [5.41, 5.74) is 3.27. The number of fused-ring (bicyclic) bond motifs is 2. The fraction of sp³-hybridized carbons (Fsp3) is 0. The molecule has 0 fully saturated rings. The van der Waals surface area contributed by atoms with E-state index in [1.54, 1.807) is 6.07 Å². The van der Waals surface area contributed by atoms with Crippen LogP contribution in [-0.2, 0) is 0 Å². The van der Waals surface area contributed by atoms with Gasteiger partial charge in [-0.15, -0.1) is 0 Å². The van der Waals surface area contributed by atoms with Crippen LogP contribution in [0, 0.1) is 0 Å². The Kier molecular flexibility index (Phi) is 2.09. The topological polar surface area (TPSA) is 65.4 Å². The van der Waals surface area contributed by atoms with Crippen molar-refractivity contribution in [2.45, 2.75) is 0 Å². The minimum Gasteiger partial charge on any atom is -0.494 e. The predicted molar refractivity (Wildman–Crippen MR) is 76.4 cm³/mol. The number of para-hydroxylation sites is 1. The highest BCUT2D eigenvalue weighted by atomic mass is 16.3. The third kappa shape index (κ3) is 1.36. The van der Waals surface area contributed by atoms with Crippen molar-refractivity contribution in [1.82, 2.24) is 4.98 Å². The summed E-state index contributed by atoms with van der Waals surface area (Å²) in [6, 6.07) is 14.8. The van der Waals surface area contributed by atoms with E-state index in [0.29, 0.717) is 16.8 Å². The van der Waals surface area contributed by atoms with Crippen molar-refractivity contribution in [3.8, 4) is 5.88 Å². The number of carbonyl (C=O) groups is 1. The third-order valence-electron chi connectivity index (χ3n) is 3.55. The van der Waals surface area contributed by atoms with Crippen LogP contribution in [0.25, 0.3) is 10.9 Å². The minimum atomic E-state index is -0.264. The van der Waals surface area contributed by atoms with Gasteiger partial charge in [0.2, 0.25) is 0 Å². The molecular weight excluding hydrogens is 252 g/mol. The first kappa shape index (κ1) is 11.0. The van der Waals surface area contributed by atoms with Gasteiger partial charge in [0.15, 0.2) is 5.88 Å². The number of H-pyrrole nitrogens is 1. The fourth-order valence-electron chi connectivity index (χ4n) is 2.66. The van der Waals surface area contributed by atoms with Gasteiger partial charge in [-0.05, 0) is 12.1 Å². The summed E-state index contributed by atoms with van der Waals surface area (Å²) in [6.07, 6.45) is 0. The molecule has 96 valence electrons. The Morgan fingerprint density at radius 2 is 1.65 bits per heavy atom. The highest BCUT2D eigenvalue weighted by Gasteiger charge is 2.27. The standard InChI is InChI=1S/C16H10N2O2/c19-15-10-6-2-1-5-9(10)14(18-15)13-11-7-3-4-8-12(11)17-16(13)20/h1-8,17,20H. The van der Waals surface area contributed by atoms with E-state index in [-0.39, 0.29) is 11.8 Å². The number of carbonyl (C=O) groups excluding carboxylic acids is 1. The van der Waals surface area contributed by atoms with Gasteiger partial charge in [-0.3, -0.25) is 4.79 Å². The first-order valence-corrected chi connectivity index (χ1v) is 6.28. The van der Waals surface area contributed by atoms with Crippen molar-refractivity contribution in [3.05, 3.63) is 65.2 Å². The molecule has 1 aliphatic heterocycles. The Morgan fingerprint density at radius 3 is 2.50 bits per heavy atom. The predicted octanol–water partition coefficient (Wildman–Crippen LogP) is 2.86. The maximum atomic E-state index is 11.9. The summed E-state index contributed by atoms with van der Waals surface area (Å²) >= 11 is 0. The molecule has 4 nitrogen and oxygen atoms in total. The van der Waals surface area contributed by atoms with Crippen LogP contribution in [0.3, 0.4) is 0 Å². The molecule has 0 unspecified atom stereocenters. The number of nitrogens with one attached hydrogen (secondary N) is 1. The van der Waals surface area contributed by atoms with Crippen LogP contribution >= 0.6 is 0 Å². The van der Waals surface area contributed by atoms with Gasteiger partial charge in [-0.25, -0.2) is 4.99 Å². The summed E-state index contributed by atoms with van der Waals surface area (Å²) in [7, 11) is 0. The van der Waals surface area contributed by atoms with Gasteiger partial charge in [0.25, 0.3) is 5.91 Å². The van der Waals surface area contributed by atoms with Crippen molar-refractivity contribution < 1.29 is 9.90 Å². The Balaban J connectivity index is 2.04. The lowest BCUT2D eigenvalue weighted by molar-refractivity contribution is 0.101. The van der Waals surface area contributed by atoms with Crippen molar-refractivity contribution in [2.75, 3.05) is 0 Å². The lowest BCUT2D eigenvalue weighted by atomic mass is 9.99. The second-order valence-corrected chi connectivity index (χ2v) is 4.71. The van der Waals surface area contributed by atoms with Gasteiger partial charge in [-0.2, -0.15) is 0 Å². The largest absolute Gasteiger partial charge is 0.494 e. The summed E-state index contributed by atoms with van der Waals surface area (Å²) < 4.78 is 0. The van der Waals surface area contributed by atoms with Crippen LogP contribution in [0.1, 0.15) is 21.5 Å². The Morgan fingerprint density at radius 1 is 0.950 bits per heavy atom. The molecule has 2 heterocycles. The first-order chi connectivity index (χ1) is 9.75. The van der Waals surface area contributed by atoms with Gasteiger partial charge in [0, 0.05) is 16.5 Å². The molecular formula is C16H10N2O2. The molecule has 2 N–H and O–H groups in total. The Labute approximate surface area is 114 Å². The molecule has 0 aliphatic carbocycles. The molecule has 0 bridgehead atoms. The fourth-order valence-corrected chi connectivity index (χ4v) is 2.66. The second-order valence-electron chi connectivity index (χ2n) is 4.71. The van der Waals surface area contributed by atoms with Crippen LogP contribution < -0.4 is 0 Å². The van der Waals surface area contributed by atoms with Crippen LogP contribution in [0.5, 0.6) is 5.88 Å². The Hall–Kier alpha value is -2.88. The van der Waals surface area contributed by atoms with Gasteiger partial charge in [-0.1, -0.05) is 36.4 Å². The molecule has 2 aromatic carbocycles. The number of benzene rings is 2. The molecule has 0 spiro atoms. The molecule has 1 aromatic heterocycles. The molecule has 3 aromatic rings. The molecule has 0 saturated carbocycles. The van der Waals surface area contributed by atoms with E-state index in [1.807, 2.05) is 42.5 Å². The van der Waals surface area contributed by atoms with Gasteiger partial charge >= 0.3 is 0 Å². The van der Waals surface area contributed by atoms with E-state index < -0.39 is 0 Å². The van der Waals surface area contributed by atoms with Crippen molar-refractivity contribution in [3.63, 3.8) is 0 Å². The van der Waals surface area contributed by atoms with Gasteiger partial charge < -0.3 is 10.1 Å². The molecule has 4 rings (SSSR count). The van der Waals surface area contributed by atoms with E-state index in [4.69, 9.17) is 0 Å². The molecule has 0 saturated heterocycles. The second kappa shape index (κ2) is 3.81. The average molecular weight is 262 g/mol.